The van der Waals surface area contributed by atoms with Gasteiger partial charge in [0.25, 0.3) is 10.0 Å². The SMILES string of the molecule is COC(=O)c1nc(Cl)c(Cl)nc1NS(=O)(=O)c1ccc2ccccc2c1. The zero-order valence-corrected chi connectivity index (χ0v) is 15.6. The van der Waals surface area contributed by atoms with Gasteiger partial charge in [0.15, 0.2) is 21.8 Å². The summed E-state index contributed by atoms with van der Waals surface area (Å²) in [6.45, 7) is 0. The topological polar surface area (TPSA) is 98.2 Å². The minimum absolute atomic E-state index is 0.0140. The number of rotatable bonds is 4. The summed E-state index contributed by atoms with van der Waals surface area (Å²) in [5, 5.41) is 1.12. The van der Waals surface area contributed by atoms with E-state index in [1.54, 1.807) is 18.2 Å². The number of nitrogens with zero attached hydrogens (tertiary/aromatic N) is 2. The molecule has 1 aromatic heterocycles. The van der Waals surface area contributed by atoms with Crippen molar-refractivity contribution in [3.8, 4) is 0 Å². The monoisotopic (exact) mass is 411 g/mol. The number of carbonyl (C=O) groups excluding carboxylic acids is 1. The van der Waals surface area contributed by atoms with Crippen molar-refractivity contribution >= 4 is 55.8 Å². The van der Waals surface area contributed by atoms with Crippen LogP contribution in [0.15, 0.2) is 47.4 Å². The molecule has 0 saturated carbocycles. The number of halogens is 2. The summed E-state index contributed by atoms with van der Waals surface area (Å²) in [5.74, 6) is -1.29. The van der Waals surface area contributed by atoms with Crippen molar-refractivity contribution < 1.29 is 17.9 Å². The molecule has 0 aliphatic heterocycles. The van der Waals surface area contributed by atoms with E-state index in [4.69, 9.17) is 23.2 Å². The lowest BCUT2D eigenvalue weighted by Gasteiger charge is -2.11. The number of esters is 1. The van der Waals surface area contributed by atoms with Crippen LogP contribution in [0.1, 0.15) is 10.5 Å². The maximum atomic E-state index is 12.7. The van der Waals surface area contributed by atoms with Crippen LogP contribution in [0.2, 0.25) is 10.3 Å². The van der Waals surface area contributed by atoms with Crippen LogP contribution in [-0.4, -0.2) is 31.5 Å². The molecule has 0 aliphatic carbocycles. The summed E-state index contributed by atoms with van der Waals surface area (Å²) in [6, 6.07) is 11.9. The maximum Gasteiger partial charge on any atom is 0.360 e. The minimum Gasteiger partial charge on any atom is -0.464 e. The molecular weight excluding hydrogens is 401 g/mol. The lowest BCUT2D eigenvalue weighted by molar-refractivity contribution is 0.0595. The third kappa shape index (κ3) is 3.57. The van der Waals surface area contributed by atoms with E-state index >= 15 is 0 Å². The van der Waals surface area contributed by atoms with E-state index in [-0.39, 0.29) is 21.0 Å². The Morgan fingerprint density at radius 2 is 1.69 bits per heavy atom. The molecule has 3 aromatic rings. The molecule has 3 rings (SSSR count). The number of methoxy groups -OCH3 is 1. The normalized spacial score (nSPS) is 11.3. The Morgan fingerprint density at radius 1 is 1.04 bits per heavy atom. The lowest BCUT2D eigenvalue weighted by Crippen LogP contribution is -2.18. The van der Waals surface area contributed by atoms with E-state index < -0.39 is 21.7 Å². The van der Waals surface area contributed by atoms with E-state index in [2.05, 4.69) is 19.4 Å². The van der Waals surface area contributed by atoms with Crippen LogP contribution < -0.4 is 4.72 Å². The summed E-state index contributed by atoms with van der Waals surface area (Å²) in [6.07, 6.45) is 0. The summed E-state index contributed by atoms with van der Waals surface area (Å²) in [4.78, 5) is 19.4. The average Bonchev–Trinajstić information content (AvgIpc) is 2.63. The van der Waals surface area contributed by atoms with Crippen molar-refractivity contribution in [2.75, 3.05) is 11.8 Å². The molecule has 0 spiro atoms. The minimum atomic E-state index is -4.06. The Morgan fingerprint density at radius 3 is 2.38 bits per heavy atom. The summed E-state index contributed by atoms with van der Waals surface area (Å²) in [7, 11) is -2.94. The summed E-state index contributed by atoms with van der Waals surface area (Å²) >= 11 is 11.5. The van der Waals surface area contributed by atoms with Gasteiger partial charge in [-0.05, 0) is 22.9 Å². The number of carbonyl (C=O) groups is 1. The van der Waals surface area contributed by atoms with Gasteiger partial charge in [-0.3, -0.25) is 4.72 Å². The number of hydrogen-bond donors (Lipinski definition) is 1. The number of fused-ring (bicyclic) bond motifs is 1. The third-order valence-corrected chi connectivity index (χ3v) is 5.42. The van der Waals surface area contributed by atoms with E-state index in [1.807, 2.05) is 12.1 Å². The molecule has 0 bridgehead atoms. The molecular formula is C16H11Cl2N3O4S. The molecule has 0 radical (unpaired) electrons. The van der Waals surface area contributed by atoms with Gasteiger partial charge in [-0.1, -0.05) is 53.5 Å². The molecule has 1 heterocycles. The second kappa shape index (κ2) is 7.06. The Bertz CT molecular complexity index is 1120. The Kier molecular flexibility index (Phi) is 4.99. The number of anilines is 1. The fraction of sp³-hybridized carbons (Fsp3) is 0.0625. The second-order valence-electron chi connectivity index (χ2n) is 5.11. The first-order chi connectivity index (χ1) is 12.3. The van der Waals surface area contributed by atoms with Gasteiger partial charge < -0.3 is 4.74 Å². The number of aromatic nitrogens is 2. The van der Waals surface area contributed by atoms with Gasteiger partial charge in [0.05, 0.1) is 12.0 Å². The molecule has 0 fully saturated rings. The predicted molar refractivity (Wildman–Crippen MR) is 98.1 cm³/mol. The maximum absolute atomic E-state index is 12.7. The third-order valence-electron chi connectivity index (χ3n) is 3.46. The first-order valence-electron chi connectivity index (χ1n) is 7.15. The van der Waals surface area contributed by atoms with Crippen LogP contribution in [0.25, 0.3) is 10.8 Å². The Balaban J connectivity index is 2.06. The molecule has 0 saturated heterocycles. The van der Waals surface area contributed by atoms with Crippen LogP contribution in [0.3, 0.4) is 0 Å². The van der Waals surface area contributed by atoms with Gasteiger partial charge >= 0.3 is 5.97 Å². The zero-order valence-electron chi connectivity index (χ0n) is 13.2. The molecule has 1 N–H and O–H groups in total. The Hall–Kier alpha value is -2.42. The zero-order chi connectivity index (χ0) is 18.9. The van der Waals surface area contributed by atoms with Gasteiger partial charge in [0.2, 0.25) is 0 Å². The van der Waals surface area contributed by atoms with Crippen molar-refractivity contribution in [3.05, 3.63) is 58.5 Å². The Labute approximate surface area is 159 Å². The summed E-state index contributed by atoms with van der Waals surface area (Å²) < 4.78 is 32.2. The quantitative estimate of drug-likeness (QED) is 0.659. The van der Waals surface area contributed by atoms with Crippen molar-refractivity contribution in [2.45, 2.75) is 4.90 Å². The average molecular weight is 412 g/mol. The van der Waals surface area contributed by atoms with Crippen LogP contribution >= 0.6 is 23.2 Å². The van der Waals surface area contributed by atoms with Crippen LogP contribution in [0, 0.1) is 0 Å². The molecule has 2 aromatic carbocycles. The standard InChI is InChI=1S/C16H11Cl2N3O4S/c1-25-16(22)12-15(20-14(18)13(17)19-12)21-26(23,24)11-7-6-9-4-2-3-5-10(9)8-11/h2-8H,1H3,(H,20,21). The van der Waals surface area contributed by atoms with Crippen LogP contribution in [-0.2, 0) is 14.8 Å². The fourth-order valence-electron chi connectivity index (χ4n) is 2.23. The highest BCUT2D eigenvalue weighted by molar-refractivity contribution is 7.92. The number of benzene rings is 2. The molecule has 7 nitrogen and oxygen atoms in total. The van der Waals surface area contributed by atoms with Crippen molar-refractivity contribution in [2.24, 2.45) is 0 Å². The molecule has 0 amide bonds. The van der Waals surface area contributed by atoms with Crippen molar-refractivity contribution in [1.29, 1.82) is 0 Å². The van der Waals surface area contributed by atoms with Gasteiger partial charge in [-0.25, -0.2) is 23.2 Å². The van der Waals surface area contributed by atoms with Crippen LogP contribution in [0.5, 0.6) is 0 Å². The molecule has 0 unspecified atom stereocenters. The van der Waals surface area contributed by atoms with Crippen molar-refractivity contribution in [1.82, 2.24) is 9.97 Å². The highest BCUT2D eigenvalue weighted by atomic mass is 35.5. The number of nitrogens with one attached hydrogen (secondary N) is 1. The summed E-state index contributed by atoms with van der Waals surface area (Å²) in [5.41, 5.74) is -0.397. The number of sulfonamides is 1. The first-order valence-corrected chi connectivity index (χ1v) is 9.38. The van der Waals surface area contributed by atoms with E-state index in [0.717, 1.165) is 17.9 Å². The van der Waals surface area contributed by atoms with Gasteiger partial charge in [0, 0.05) is 0 Å². The number of hydrogen-bond acceptors (Lipinski definition) is 6. The van der Waals surface area contributed by atoms with Gasteiger partial charge in [-0.2, -0.15) is 0 Å². The fourth-order valence-corrected chi connectivity index (χ4v) is 3.52. The van der Waals surface area contributed by atoms with E-state index in [9.17, 15) is 13.2 Å². The largest absolute Gasteiger partial charge is 0.464 e. The van der Waals surface area contributed by atoms with Crippen molar-refractivity contribution in [3.63, 3.8) is 0 Å². The smallest absolute Gasteiger partial charge is 0.360 e. The highest BCUT2D eigenvalue weighted by Crippen LogP contribution is 2.26. The second-order valence-corrected chi connectivity index (χ2v) is 7.51. The first kappa shape index (κ1) is 18.4. The highest BCUT2D eigenvalue weighted by Gasteiger charge is 2.24. The van der Waals surface area contributed by atoms with Gasteiger partial charge in [-0.15, -0.1) is 0 Å². The molecule has 26 heavy (non-hydrogen) atoms. The predicted octanol–water partition coefficient (Wildman–Crippen LogP) is 3.52. The van der Waals surface area contributed by atoms with Gasteiger partial charge in [0.1, 0.15) is 0 Å². The molecule has 134 valence electrons. The molecule has 0 atom stereocenters. The van der Waals surface area contributed by atoms with E-state index in [0.29, 0.717) is 0 Å². The molecule has 0 aliphatic rings. The van der Waals surface area contributed by atoms with E-state index in [1.165, 1.54) is 12.1 Å². The van der Waals surface area contributed by atoms with Crippen LogP contribution in [0.4, 0.5) is 5.82 Å². The lowest BCUT2D eigenvalue weighted by atomic mass is 10.1. The molecule has 10 heteroatoms. The number of ether oxygens (including phenoxy) is 1.